The number of nitrogens with one attached hydrogen (secondary N) is 1. The van der Waals surface area contributed by atoms with Crippen LogP contribution in [0.15, 0.2) is 12.1 Å². The van der Waals surface area contributed by atoms with Crippen molar-refractivity contribution >= 4 is 5.82 Å². The summed E-state index contributed by atoms with van der Waals surface area (Å²) in [7, 11) is 0. The van der Waals surface area contributed by atoms with E-state index >= 15 is 0 Å². The topological polar surface area (TPSA) is 28.2 Å². The van der Waals surface area contributed by atoms with Gasteiger partial charge in [-0.15, -0.1) is 0 Å². The van der Waals surface area contributed by atoms with Crippen LogP contribution < -0.4 is 10.2 Å². The average molecular weight is 263 g/mol. The van der Waals surface area contributed by atoms with Crippen LogP contribution in [0.2, 0.25) is 0 Å². The van der Waals surface area contributed by atoms with Gasteiger partial charge in [-0.05, 0) is 43.5 Å². The molecule has 1 aromatic rings. The third kappa shape index (κ3) is 5.19. The summed E-state index contributed by atoms with van der Waals surface area (Å²) in [5.41, 5.74) is 2.53. The molecule has 0 aliphatic rings. The molecule has 0 radical (unpaired) electrons. The van der Waals surface area contributed by atoms with Crippen LogP contribution in [0.1, 0.15) is 45.9 Å². The lowest BCUT2D eigenvalue weighted by atomic mass is 10.1. The summed E-state index contributed by atoms with van der Waals surface area (Å²) in [6.07, 6.45) is 0.992. The van der Waals surface area contributed by atoms with E-state index in [2.05, 4.69) is 57.0 Å². The summed E-state index contributed by atoms with van der Waals surface area (Å²) in [4.78, 5) is 7.16. The van der Waals surface area contributed by atoms with Crippen molar-refractivity contribution in [3.8, 4) is 0 Å². The fourth-order valence-corrected chi connectivity index (χ4v) is 2.17. The molecule has 3 nitrogen and oxygen atoms in total. The van der Waals surface area contributed by atoms with E-state index < -0.39 is 0 Å². The minimum atomic E-state index is 0.657. The number of hydrogen-bond acceptors (Lipinski definition) is 3. The van der Waals surface area contributed by atoms with Gasteiger partial charge in [0, 0.05) is 25.3 Å². The second-order valence-corrected chi connectivity index (χ2v) is 5.39. The molecular weight excluding hydrogens is 234 g/mol. The Bertz CT molecular complexity index is 374. The SMILES string of the molecule is CCNCc1cc(CC)nc(N(CC)CC(C)C)c1. The molecule has 19 heavy (non-hydrogen) atoms. The highest BCUT2D eigenvalue weighted by Crippen LogP contribution is 2.17. The van der Waals surface area contributed by atoms with E-state index in [0.717, 1.165) is 38.4 Å². The number of nitrogens with zero attached hydrogens (tertiary/aromatic N) is 2. The Kier molecular flexibility index (Phi) is 6.85. The van der Waals surface area contributed by atoms with E-state index in [-0.39, 0.29) is 0 Å². The molecule has 0 aromatic carbocycles. The number of hydrogen-bond donors (Lipinski definition) is 1. The molecular formula is C16H29N3. The highest BCUT2D eigenvalue weighted by atomic mass is 15.2. The van der Waals surface area contributed by atoms with Gasteiger partial charge in [-0.1, -0.05) is 27.7 Å². The quantitative estimate of drug-likeness (QED) is 0.780. The highest BCUT2D eigenvalue weighted by molar-refractivity contribution is 5.42. The number of pyridine rings is 1. The lowest BCUT2D eigenvalue weighted by molar-refractivity contribution is 0.613. The molecule has 0 atom stereocenters. The molecule has 1 aromatic heterocycles. The molecule has 0 aliphatic carbocycles. The number of anilines is 1. The second-order valence-electron chi connectivity index (χ2n) is 5.39. The minimum Gasteiger partial charge on any atom is -0.357 e. The van der Waals surface area contributed by atoms with Gasteiger partial charge in [0.1, 0.15) is 5.82 Å². The summed E-state index contributed by atoms with van der Waals surface area (Å²) in [6, 6.07) is 4.45. The van der Waals surface area contributed by atoms with Crippen molar-refractivity contribution in [2.45, 2.75) is 47.6 Å². The van der Waals surface area contributed by atoms with Crippen LogP contribution in [0, 0.1) is 5.92 Å². The van der Waals surface area contributed by atoms with Crippen LogP contribution in [0.4, 0.5) is 5.82 Å². The predicted octanol–water partition coefficient (Wildman–Crippen LogP) is 3.24. The monoisotopic (exact) mass is 263 g/mol. The Morgan fingerprint density at radius 2 is 1.95 bits per heavy atom. The molecule has 1 heterocycles. The van der Waals surface area contributed by atoms with Gasteiger partial charge in [-0.3, -0.25) is 0 Å². The maximum atomic E-state index is 4.78. The lowest BCUT2D eigenvalue weighted by Gasteiger charge is -2.25. The average Bonchev–Trinajstić information content (AvgIpc) is 2.41. The summed E-state index contributed by atoms with van der Waals surface area (Å²) in [6.45, 7) is 15.0. The van der Waals surface area contributed by atoms with Crippen LogP contribution in [-0.4, -0.2) is 24.6 Å². The number of aromatic nitrogens is 1. The molecule has 0 saturated heterocycles. The molecule has 0 bridgehead atoms. The van der Waals surface area contributed by atoms with Crippen molar-refractivity contribution in [3.05, 3.63) is 23.4 Å². The molecule has 0 aliphatic heterocycles. The Labute approximate surface area is 118 Å². The zero-order valence-electron chi connectivity index (χ0n) is 13.2. The van der Waals surface area contributed by atoms with E-state index in [9.17, 15) is 0 Å². The van der Waals surface area contributed by atoms with Crippen LogP contribution in [-0.2, 0) is 13.0 Å². The Morgan fingerprint density at radius 3 is 2.47 bits per heavy atom. The van der Waals surface area contributed by atoms with Gasteiger partial charge in [0.25, 0.3) is 0 Å². The Morgan fingerprint density at radius 1 is 1.21 bits per heavy atom. The predicted molar refractivity (Wildman–Crippen MR) is 83.7 cm³/mol. The Balaban J connectivity index is 2.96. The molecule has 0 saturated carbocycles. The van der Waals surface area contributed by atoms with Crippen LogP contribution >= 0.6 is 0 Å². The van der Waals surface area contributed by atoms with E-state index in [1.807, 2.05) is 0 Å². The van der Waals surface area contributed by atoms with Gasteiger partial charge in [0.05, 0.1) is 0 Å². The van der Waals surface area contributed by atoms with E-state index in [0.29, 0.717) is 5.92 Å². The van der Waals surface area contributed by atoms with Gasteiger partial charge in [0.2, 0.25) is 0 Å². The van der Waals surface area contributed by atoms with Gasteiger partial charge >= 0.3 is 0 Å². The van der Waals surface area contributed by atoms with Crippen molar-refractivity contribution in [2.75, 3.05) is 24.5 Å². The molecule has 0 fully saturated rings. The molecule has 3 heteroatoms. The number of aryl methyl sites for hydroxylation is 1. The van der Waals surface area contributed by atoms with E-state index in [1.54, 1.807) is 0 Å². The summed E-state index contributed by atoms with van der Waals surface area (Å²) in [5, 5.41) is 3.39. The molecule has 0 unspecified atom stereocenters. The normalized spacial score (nSPS) is 11.1. The van der Waals surface area contributed by atoms with Gasteiger partial charge < -0.3 is 10.2 Å². The van der Waals surface area contributed by atoms with Gasteiger partial charge in [-0.2, -0.15) is 0 Å². The standard InChI is InChI=1S/C16H29N3/c1-6-15-9-14(11-17-7-2)10-16(18-15)19(8-3)12-13(4)5/h9-10,13,17H,6-8,11-12H2,1-5H3. The fourth-order valence-electron chi connectivity index (χ4n) is 2.17. The zero-order valence-corrected chi connectivity index (χ0v) is 13.2. The largest absolute Gasteiger partial charge is 0.357 e. The summed E-state index contributed by atoms with van der Waals surface area (Å²) < 4.78 is 0. The zero-order chi connectivity index (χ0) is 14.3. The first-order valence-corrected chi connectivity index (χ1v) is 7.56. The van der Waals surface area contributed by atoms with Crippen LogP contribution in [0.25, 0.3) is 0 Å². The third-order valence-corrected chi connectivity index (χ3v) is 3.16. The maximum Gasteiger partial charge on any atom is 0.129 e. The molecule has 1 rings (SSSR count). The van der Waals surface area contributed by atoms with Gasteiger partial charge in [-0.25, -0.2) is 4.98 Å². The maximum absolute atomic E-state index is 4.78. The third-order valence-electron chi connectivity index (χ3n) is 3.16. The van der Waals surface area contributed by atoms with E-state index in [4.69, 9.17) is 4.98 Å². The van der Waals surface area contributed by atoms with E-state index in [1.165, 1.54) is 11.3 Å². The molecule has 108 valence electrons. The highest BCUT2D eigenvalue weighted by Gasteiger charge is 2.10. The van der Waals surface area contributed by atoms with Crippen molar-refractivity contribution in [1.29, 1.82) is 0 Å². The number of rotatable bonds is 8. The summed E-state index contributed by atoms with van der Waals surface area (Å²) in [5.74, 6) is 1.78. The molecule has 0 spiro atoms. The van der Waals surface area contributed by atoms with Crippen molar-refractivity contribution < 1.29 is 0 Å². The molecule has 0 amide bonds. The van der Waals surface area contributed by atoms with Crippen molar-refractivity contribution in [1.82, 2.24) is 10.3 Å². The first-order chi connectivity index (χ1) is 9.10. The van der Waals surface area contributed by atoms with Crippen molar-refractivity contribution in [2.24, 2.45) is 5.92 Å². The molecule has 1 N–H and O–H groups in total. The van der Waals surface area contributed by atoms with Crippen molar-refractivity contribution in [3.63, 3.8) is 0 Å². The Hall–Kier alpha value is -1.09. The van der Waals surface area contributed by atoms with Crippen LogP contribution in [0.3, 0.4) is 0 Å². The second kappa shape index (κ2) is 8.16. The first-order valence-electron chi connectivity index (χ1n) is 7.56. The van der Waals surface area contributed by atoms with Crippen LogP contribution in [0.5, 0.6) is 0 Å². The minimum absolute atomic E-state index is 0.657. The first kappa shape index (κ1) is 16.0. The lowest BCUT2D eigenvalue weighted by Crippen LogP contribution is -2.28. The fraction of sp³-hybridized carbons (Fsp3) is 0.688. The van der Waals surface area contributed by atoms with Gasteiger partial charge in [0.15, 0.2) is 0 Å². The summed E-state index contributed by atoms with van der Waals surface area (Å²) >= 11 is 0. The smallest absolute Gasteiger partial charge is 0.129 e.